The van der Waals surface area contributed by atoms with Crippen molar-refractivity contribution in [1.29, 1.82) is 0 Å². The van der Waals surface area contributed by atoms with Crippen LogP contribution in [0, 0.1) is 6.92 Å². The Morgan fingerprint density at radius 3 is 2.74 bits per heavy atom. The van der Waals surface area contributed by atoms with E-state index in [0.29, 0.717) is 4.75 Å². The fourth-order valence-corrected chi connectivity index (χ4v) is 3.75. The molecule has 0 atom stereocenters. The summed E-state index contributed by atoms with van der Waals surface area (Å²) in [7, 11) is 1.70. The second kappa shape index (κ2) is 6.62. The van der Waals surface area contributed by atoms with Crippen LogP contribution in [0.4, 0.5) is 0 Å². The number of aryl methyl sites for hydroxylation is 1. The lowest BCUT2D eigenvalue weighted by atomic mass is 10.1. The topological polar surface area (TPSA) is 34.1 Å². The molecule has 4 heteroatoms. The van der Waals surface area contributed by atoms with Gasteiger partial charge in [0.2, 0.25) is 0 Å². The summed E-state index contributed by atoms with van der Waals surface area (Å²) in [5, 5.41) is 3.58. The molecule has 3 nitrogen and oxygen atoms in total. The van der Waals surface area contributed by atoms with Crippen LogP contribution in [0.15, 0.2) is 12.1 Å². The van der Waals surface area contributed by atoms with E-state index in [0.717, 1.165) is 30.2 Å². The largest absolute Gasteiger partial charge is 0.497 e. The number of rotatable bonds is 6. The van der Waals surface area contributed by atoms with Crippen LogP contribution in [-0.2, 0) is 6.54 Å². The molecule has 0 radical (unpaired) electrons. The molecule has 106 valence electrons. The predicted octanol–water partition coefficient (Wildman–Crippen LogP) is 3.16. The summed E-state index contributed by atoms with van der Waals surface area (Å²) in [5.41, 5.74) is 2.07. The monoisotopic (exact) mass is 280 g/mol. The third kappa shape index (κ3) is 3.86. The van der Waals surface area contributed by atoms with E-state index in [9.17, 15) is 0 Å². The first-order chi connectivity index (χ1) is 9.17. The molecule has 19 heavy (non-hydrogen) atoms. The van der Waals surface area contributed by atoms with Crippen molar-refractivity contribution in [2.45, 2.75) is 43.9 Å². The fourth-order valence-electron chi connectivity index (χ4n) is 2.80. The Morgan fingerprint density at radius 2 is 2.11 bits per heavy atom. The molecule has 1 N–H and O–H groups in total. The molecular weight excluding hydrogens is 256 g/mol. The summed E-state index contributed by atoms with van der Waals surface area (Å²) < 4.78 is 5.74. The van der Waals surface area contributed by atoms with E-state index in [1.165, 1.54) is 25.7 Å². The number of thioether (sulfide) groups is 1. The number of nitrogens with one attached hydrogen (secondary N) is 1. The van der Waals surface area contributed by atoms with Gasteiger partial charge in [0.1, 0.15) is 5.75 Å². The molecule has 1 fully saturated rings. The first-order valence-corrected chi connectivity index (χ1v) is 8.17. The quantitative estimate of drug-likeness (QED) is 0.868. The molecule has 1 aromatic heterocycles. The summed E-state index contributed by atoms with van der Waals surface area (Å²) in [5.74, 6) is 0.893. The molecule has 0 saturated heterocycles. The number of pyridine rings is 1. The molecule has 0 aliphatic heterocycles. The maximum absolute atomic E-state index is 5.28. The van der Waals surface area contributed by atoms with Crippen LogP contribution in [-0.4, -0.2) is 29.6 Å². The van der Waals surface area contributed by atoms with Crippen LogP contribution < -0.4 is 10.1 Å². The number of hydrogen-bond acceptors (Lipinski definition) is 4. The number of nitrogens with zero attached hydrogens (tertiary/aromatic N) is 1. The third-order valence-corrected chi connectivity index (χ3v) is 5.34. The molecular formula is C15H24N2OS. The van der Waals surface area contributed by atoms with Crippen molar-refractivity contribution in [3.05, 3.63) is 23.5 Å². The SMILES string of the molecule is COc1cc(C)nc(CNCC2(SC)CCCC2)c1. The lowest BCUT2D eigenvalue weighted by molar-refractivity contribution is 0.412. The summed E-state index contributed by atoms with van der Waals surface area (Å²) in [6.07, 6.45) is 7.66. The molecule has 1 heterocycles. The van der Waals surface area contributed by atoms with Gasteiger partial charge in [0.15, 0.2) is 0 Å². The van der Waals surface area contributed by atoms with E-state index in [2.05, 4.69) is 16.6 Å². The normalized spacial score (nSPS) is 17.6. The third-order valence-electron chi connectivity index (χ3n) is 3.92. The Bertz CT molecular complexity index is 417. The molecule has 0 spiro atoms. The lowest BCUT2D eigenvalue weighted by Gasteiger charge is -2.27. The standard InChI is InChI=1S/C15H24N2OS/c1-12-8-14(18-2)9-13(17-12)10-16-11-15(19-3)6-4-5-7-15/h8-9,16H,4-7,10-11H2,1-3H3. The van der Waals surface area contributed by atoms with Crippen molar-refractivity contribution < 1.29 is 4.74 Å². The van der Waals surface area contributed by atoms with Gasteiger partial charge >= 0.3 is 0 Å². The van der Waals surface area contributed by atoms with Crippen LogP contribution in [0.25, 0.3) is 0 Å². The highest BCUT2D eigenvalue weighted by atomic mass is 32.2. The van der Waals surface area contributed by atoms with Crippen molar-refractivity contribution in [1.82, 2.24) is 10.3 Å². The Balaban J connectivity index is 1.90. The highest BCUT2D eigenvalue weighted by molar-refractivity contribution is 8.00. The van der Waals surface area contributed by atoms with Crippen molar-refractivity contribution in [2.75, 3.05) is 19.9 Å². The molecule has 1 aliphatic rings. The van der Waals surface area contributed by atoms with E-state index in [-0.39, 0.29) is 0 Å². The Labute approximate surface area is 120 Å². The Kier molecular flexibility index (Phi) is 5.11. The molecule has 2 rings (SSSR count). The van der Waals surface area contributed by atoms with Crippen molar-refractivity contribution in [3.63, 3.8) is 0 Å². The summed E-state index contributed by atoms with van der Waals surface area (Å²) in [4.78, 5) is 4.55. The minimum atomic E-state index is 0.452. The van der Waals surface area contributed by atoms with Gasteiger partial charge in [-0.05, 0) is 26.0 Å². The average Bonchev–Trinajstić information content (AvgIpc) is 2.87. The van der Waals surface area contributed by atoms with E-state index in [1.54, 1.807) is 7.11 Å². The van der Waals surface area contributed by atoms with E-state index in [1.807, 2.05) is 30.8 Å². The molecule has 1 aromatic rings. The van der Waals surface area contributed by atoms with Crippen LogP contribution >= 0.6 is 11.8 Å². The minimum absolute atomic E-state index is 0.452. The van der Waals surface area contributed by atoms with Crippen LogP contribution in [0.5, 0.6) is 5.75 Å². The van der Waals surface area contributed by atoms with Crippen molar-refractivity contribution >= 4 is 11.8 Å². The van der Waals surface area contributed by atoms with Crippen LogP contribution in [0.1, 0.15) is 37.1 Å². The number of aromatic nitrogens is 1. The van der Waals surface area contributed by atoms with E-state index >= 15 is 0 Å². The van der Waals surface area contributed by atoms with Crippen LogP contribution in [0.3, 0.4) is 0 Å². The first kappa shape index (κ1) is 14.7. The van der Waals surface area contributed by atoms with Crippen LogP contribution in [0.2, 0.25) is 0 Å². The van der Waals surface area contributed by atoms with Gasteiger partial charge in [0.05, 0.1) is 12.8 Å². The fraction of sp³-hybridized carbons (Fsp3) is 0.667. The second-order valence-corrected chi connectivity index (χ2v) is 6.61. The minimum Gasteiger partial charge on any atom is -0.497 e. The van der Waals surface area contributed by atoms with Gasteiger partial charge in [0.25, 0.3) is 0 Å². The number of ether oxygens (including phenoxy) is 1. The average molecular weight is 280 g/mol. The smallest absolute Gasteiger partial charge is 0.122 e. The molecule has 0 unspecified atom stereocenters. The maximum Gasteiger partial charge on any atom is 0.122 e. The van der Waals surface area contributed by atoms with Gasteiger partial charge in [-0.2, -0.15) is 11.8 Å². The zero-order valence-corrected chi connectivity index (χ0v) is 13.0. The van der Waals surface area contributed by atoms with Gasteiger partial charge in [-0.1, -0.05) is 12.8 Å². The molecule has 0 bridgehead atoms. The molecule has 1 saturated carbocycles. The van der Waals surface area contributed by atoms with Gasteiger partial charge in [-0.25, -0.2) is 0 Å². The predicted molar refractivity (Wildman–Crippen MR) is 81.9 cm³/mol. The first-order valence-electron chi connectivity index (χ1n) is 6.95. The van der Waals surface area contributed by atoms with Gasteiger partial charge in [-0.3, -0.25) is 4.98 Å². The zero-order valence-electron chi connectivity index (χ0n) is 12.2. The Hall–Kier alpha value is -0.740. The summed E-state index contributed by atoms with van der Waals surface area (Å²) in [6, 6.07) is 3.98. The molecule has 1 aliphatic carbocycles. The second-order valence-electron chi connectivity index (χ2n) is 5.34. The zero-order chi connectivity index (χ0) is 13.7. The summed E-state index contributed by atoms with van der Waals surface area (Å²) >= 11 is 2.02. The Morgan fingerprint density at radius 1 is 1.37 bits per heavy atom. The van der Waals surface area contributed by atoms with Crippen molar-refractivity contribution in [3.8, 4) is 5.75 Å². The number of methoxy groups -OCH3 is 1. The number of hydrogen-bond donors (Lipinski definition) is 1. The maximum atomic E-state index is 5.28. The highest BCUT2D eigenvalue weighted by Gasteiger charge is 2.32. The molecule has 0 aromatic carbocycles. The van der Waals surface area contributed by atoms with Gasteiger partial charge in [0, 0.05) is 35.7 Å². The van der Waals surface area contributed by atoms with Gasteiger partial charge < -0.3 is 10.1 Å². The van der Waals surface area contributed by atoms with E-state index in [4.69, 9.17) is 4.74 Å². The highest BCUT2D eigenvalue weighted by Crippen LogP contribution is 2.39. The molecule has 0 amide bonds. The van der Waals surface area contributed by atoms with Crippen molar-refractivity contribution in [2.24, 2.45) is 0 Å². The summed E-state index contributed by atoms with van der Waals surface area (Å²) in [6.45, 7) is 3.90. The van der Waals surface area contributed by atoms with E-state index < -0.39 is 0 Å². The lowest BCUT2D eigenvalue weighted by Crippen LogP contribution is -2.34. The van der Waals surface area contributed by atoms with Gasteiger partial charge in [-0.15, -0.1) is 0 Å².